The van der Waals surface area contributed by atoms with E-state index in [9.17, 15) is 9.59 Å². The molecule has 0 N–H and O–H groups in total. The van der Waals surface area contributed by atoms with Crippen molar-refractivity contribution in [1.82, 2.24) is 0 Å². The number of carbonyl (C=O) groups is 2. The van der Waals surface area contributed by atoms with E-state index < -0.39 is 0 Å². The van der Waals surface area contributed by atoms with Gasteiger partial charge in [0.15, 0.2) is 0 Å². The van der Waals surface area contributed by atoms with E-state index in [0.717, 1.165) is 18.4 Å². The Morgan fingerprint density at radius 3 is 2.20 bits per heavy atom. The van der Waals surface area contributed by atoms with Crippen LogP contribution in [0.2, 0.25) is 5.02 Å². The number of hydrogen-bond acceptors (Lipinski definition) is 4. The average molecular weight is 369 g/mol. The smallest absolute Gasteiger partial charge is 0.305 e. The van der Waals surface area contributed by atoms with Crippen molar-refractivity contribution in [2.24, 2.45) is 0 Å². The number of benzene rings is 1. The van der Waals surface area contributed by atoms with Crippen LogP contribution in [-0.2, 0) is 25.5 Å². The van der Waals surface area contributed by atoms with Crippen molar-refractivity contribution in [2.45, 2.75) is 64.7 Å². The minimum absolute atomic E-state index is 0.230. The number of rotatable bonds is 13. The lowest BCUT2D eigenvalue weighted by Gasteiger charge is -2.07. The molecule has 0 heterocycles. The highest BCUT2D eigenvalue weighted by atomic mass is 35.5. The predicted octanol–water partition coefficient (Wildman–Crippen LogP) is 5.11. The molecule has 0 aromatic heterocycles. The van der Waals surface area contributed by atoms with Gasteiger partial charge in [-0.15, -0.1) is 0 Å². The molecule has 0 aliphatic heterocycles. The van der Waals surface area contributed by atoms with Crippen molar-refractivity contribution in [3.8, 4) is 0 Å². The Kier molecular flexibility index (Phi) is 11.8. The molecular weight excluding hydrogens is 340 g/mol. The molecule has 1 aromatic rings. The Balaban J connectivity index is 2.01. The fourth-order valence-corrected chi connectivity index (χ4v) is 2.62. The van der Waals surface area contributed by atoms with Gasteiger partial charge in [-0.1, -0.05) is 62.4 Å². The van der Waals surface area contributed by atoms with Crippen LogP contribution in [0.25, 0.3) is 0 Å². The Bertz CT molecular complexity index is 516. The van der Waals surface area contributed by atoms with Crippen LogP contribution in [0.5, 0.6) is 0 Å². The number of esters is 2. The maximum Gasteiger partial charge on any atom is 0.305 e. The molecule has 4 nitrogen and oxygen atoms in total. The van der Waals surface area contributed by atoms with E-state index in [1.54, 1.807) is 0 Å². The molecule has 25 heavy (non-hydrogen) atoms. The van der Waals surface area contributed by atoms with Gasteiger partial charge in [0.1, 0.15) is 0 Å². The molecule has 0 fully saturated rings. The lowest BCUT2D eigenvalue weighted by Crippen LogP contribution is -2.10. The molecule has 0 saturated heterocycles. The molecule has 0 unspecified atom stereocenters. The van der Waals surface area contributed by atoms with Crippen LogP contribution < -0.4 is 0 Å². The molecule has 5 heteroatoms. The zero-order chi connectivity index (χ0) is 18.3. The number of halogens is 1. The second-order valence-corrected chi connectivity index (χ2v) is 6.46. The third-order valence-corrected chi connectivity index (χ3v) is 4.23. The topological polar surface area (TPSA) is 52.6 Å². The summed E-state index contributed by atoms with van der Waals surface area (Å²) in [5, 5.41) is 0.677. The molecule has 1 aromatic carbocycles. The molecule has 0 radical (unpaired) electrons. The van der Waals surface area contributed by atoms with Gasteiger partial charge in [-0.25, -0.2) is 0 Å². The average Bonchev–Trinajstić information content (AvgIpc) is 2.59. The maximum absolute atomic E-state index is 11.7. The summed E-state index contributed by atoms with van der Waals surface area (Å²) in [6.07, 6.45) is 7.16. The van der Waals surface area contributed by atoms with Crippen LogP contribution >= 0.6 is 11.6 Å². The van der Waals surface area contributed by atoms with Crippen LogP contribution in [0.1, 0.15) is 63.9 Å². The fraction of sp³-hybridized carbons (Fsp3) is 0.600. The molecule has 0 bridgehead atoms. The second-order valence-electron chi connectivity index (χ2n) is 6.05. The van der Waals surface area contributed by atoms with Crippen molar-refractivity contribution in [3.63, 3.8) is 0 Å². The summed E-state index contributed by atoms with van der Waals surface area (Å²) in [6.45, 7) is 2.94. The van der Waals surface area contributed by atoms with Gasteiger partial charge in [0.25, 0.3) is 0 Å². The standard InChI is InChI=1S/C20H29ClO4/c1-2-3-4-5-8-15-24-19(22)12-9-13-20(23)25-16-14-17-10-6-7-11-18(17)21/h6-7,10-11H,2-5,8-9,12-16H2,1H3. The molecule has 0 saturated carbocycles. The predicted molar refractivity (Wildman–Crippen MR) is 99.7 cm³/mol. The highest BCUT2D eigenvalue weighted by Gasteiger charge is 2.08. The fourth-order valence-electron chi connectivity index (χ4n) is 2.39. The minimum atomic E-state index is -0.292. The van der Waals surface area contributed by atoms with Crippen molar-refractivity contribution in [1.29, 1.82) is 0 Å². The molecule has 0 spiro atoms. The Morgan fingerprint density at radius 1 is 0.880 bits per heavy atom. The van der Waals surface area contributed by atoms with E-state index in [0.29, 0.717) is 31.1 Å². The van der Waals surface area contributed by atoms with E-state index in [1.165, 1.54) is 19.3 Å². The van der Waals surface area contributed by atoms with Crippen molar-refractivity contribution < 1.29 is 19.1 Å². The number of unbranched alkanes of at least 4 members (excludes halogenated alkanes) is 4. The normalized spacial score (nSPS) is 10.5. The van der Waals surface area contributed by atoms with Gasteiger partial charge in [0.05, 0.1) is 13.2 Å². The van der Waals surface area contributed by atoms with Gasteiger partial charge >= 0.3 is 11.9 Å². The summed E-state index contributed by atoms with van der Waals surface area (Å²) in [4.78, 5) is 23.2. The summed E-state index contributed by atoms with van der Waals surface area (Å²) in [7, 11) is 0. The maximum atomic E-state index is 11.7. The molecular formula is C20H29ClO4. The molecule has 140 valence electrons. The van der Waals surface area contributed by atoms with Crippen LogP contribution in [0.4, 0.5) is 0 Å². The van der Waals surface area contributed by atoms with Crippen LogP contribution in [0.15, 0.2) is 24.3 Å². The van der Waals surface area contributed by atoms with E-state index in [-0.39, 0.29) is 24.8 Å². The van der Waals surface area contributed by atoms with Gasteiger partial charge in [0, 0.05) is 24.3 Å². The SMILES string of the molecule is CCCCCCCOC(=O)CCCC(=O)OCCc1ccccc1Cl. The Morgan fingerprint density at radius 2 is 1.52 bits per heavy atom. The lowest BCUT2D eigenvalue weighted by molar-refractivity contribution is -0.145. The second kappa shape index (κ2) is 13.7. The van der Waals surface area contributed by atoms with E-state index in [2.05, 4.69) is 6.92 Å². The Hall–Kier alpha value is -1.55. The summed E-state index contributed by atoms with van der Waals surface area (Å²) >= 11 is 6.04. The number of hydrogen-bond donors (Lipinski definition) is 0. The summed E-state index contributed by atoms with van der Waals surface area (Å²) < 4.78 is 10.3. The lowest BCUT2D eigenvalue weighted by atomic mass is 10.2. The van der Waals surface area contributed by atoms with Gasteiger partial charge in [-0.05, 0) is 24.5 Å². The van der Waals surface area contributed by atoms with Crippen LogP contribution in [0, 0.1) is 0 Å². The van der Waals surface area contributed by atoms with E-state index >= 15 is 0 Å². The van der Waals surface area contributed by atoms with E-state index in [1.807, 2.05) is 24.3 Å². The quantitative estimate of drug-likeness (QED) is 0.358. The molecule has 0 aliphatic carbocycles. The minimum Gasteiger partial charge on any atom is -0.466 e. The highest BCUT2D eigenvalue weighted by Crippen LogP contribution is 2.15. The van der Waals surface area contributed by atoms with Crippen molar-refractivity contribution in [3.05, 3.63) is 34.9 Å². The van der Waals surface area contributed by atoms with Crippen molar-refractivity contribution >= 4 is 23.5 Å². The highest BCUT2D eigenvalue weighted by molar-refractivity contribution is 6.31. The third-order valence-electron chi connectivity index (χ3n) is 3.87. The first-order chi connectivity index (χ1) is 12.1. The molecule has 0 amide bonds. The molecule has 0 atom stereocenters. The third kappa shape index (κ3) is 10.8. The van der Waals surface area contributed by atoms with E-state index in [4.69, 9.17) is 21.1 Å². The summed E-state index contributed by atoms with van der Waals surface area (Å²) in [6, 6.07) is 7.49. The zero-order valence-corrected chi connectivity index (χ0v) is 15.9. The zero-order valence-electron chi connectivity index (χ0n) is 15.1. The Labute approximate surface area is 155 Å². The largest absolute Gasteiger partial charge is 0.466 e. The van der Waals surface area contributed by atoms with Gasteiger partial charge in [-0.2, -0.15) is 0 Å². The van der Waals surface area contributed by atoms with Gasteiger partial charge < -0.3 is 9.47 Å². The van der Waals surface area contributed by atoms with Gasteiger partial charge in [-0.3, -0.25) is 9.59 Å². The van der Waals surface area contributed by atoms with Gasteiger partial charge in [0.2, 0.25) is 0 Å². The first-order valence-corrected chi connectivity index (χ1v) is 9.56. The summed E-state index contributed by atoms with van der Waals surface area (Å²) in [5.41, 5.74) is 0.958. The van der Waals surface area contributed by atoms with Crippen LogP contribution in [-0.4, -0.2) is 25.2 Å². The molecule has 1 rings (SSSR count). The first-order valence-electron chi connectivity index (χ1n) is 9.18. The van der Waals surface area contributed by atoms with Crippen LogP contribution in [0.3, 0.4) is 0 Å². The number of ether oxygens (including phenoxy) is 2. The number of carbonyl (C=O) groups excluding carboxylic acids is 2. The molecule has 0 aliphatic rings. The summed E-state index contributed by atoms with van der Waals surface area (Å²) in [5.74, 6) is -0.529. The first kappa shape index (κ1) is 21.5. The monoisotopic (exact) mass is 368 g/mol. The van der Waals surface area contributed by atoms with Crippen molar-refractivity contribution in [2.75, 3.05) is 13.2 Å².